The monoisotopic (exact) mass is 314 g/mol. The molecule has 1 heterocycles. The van der Waals surface area contributed by atoms with Gasteiger partial charge in [0.05, 0.1) is 5.92 Å². The van der Waals surface area contributed by atoms with Crippen LogP contribution < -0.4 is 10.5 Å². The third-order valence-electron chi connectivity index (χ3n) is 3.35. The first-order chi connectivity index (χ1) is 9.44. The van der Waals surface area contributed by atoms with Crippen molar-refractivity contribution in [3.63, 3.8) is 0 Å². The summed E-state index contributed by atoms with van der Waals surface area (Å²) in [6, 6.07) is 2.95. The topological polar surface area (TPSA) is 89.3 Å². The highest BCUT2D eigenvalue weighted by molar-refractivity contribution is 7.91. The highest BCUT2D eigenvalue weighted by Crippen LogP contribution is 2.25. The van der Waals surface area contributed by atoms with Gasteiger partial charge in [-0.15, -0.1) is 11.3 Å². The molecule has 0 saturated carbocycles. The van der Waals surface area contributed by atoms with E-state index in [4.69, 9.17) is 5.73 Å². The molecule has 1 aromatic heterocycles. The summed E-state index contributed by atoms with van der Waals surface area (Å²) in [5, 5.41) is 0. The van der Waals surface area contributed by atoms with Crippen molar-refractivity contribution in [2.45, 2.75) is 36.4 Å². The SMILES string of the molecule is CCc1ccc(S(=O)(=O)N[C@@H]2CC=CC[C@H]2C(N)=O)s1. The number of allylic oxidation sites excluding steroid dienone is 1. The maximum Gasteiger partial charge on any atom is 0.250 e. The Morgan fingerprint density at radius 1 is 1.40 bits per heavy atom. The van der Waals surface area contributed by atoms with Crippen molar-refractivity contribution in [3.05, 3.63) is 29.2 Å². The fourth-order valence-corrected chi connectivity index (χ4v) is 4.81. The Kier molecular flexibility index (Phi) is 4.62. The van der Waals surface area contributed by atoms with Crippen LogP contribution in [0, 0.1) is 5.92 Å². The van der Waals surface area contributed by atoms with E-state index in [1.54, 1.807) is 6.07 Å². The number of nitrogens with one attached hydrogen (secondary N) is 1. The molecule has 1 aliphatic carbocycles. The lowest BCUT2D eigenvalue weighted by Gasteiger charge is -2.26. The summed E-state index contributed by atoms with van der Waals surface area (Å²) in [5.74, 6) is -0.956. The Morgan fingerprint density at radius 2 is 2.10 bits per heavy atom. The normalized spacial score (nSPS) is 22.9. The second kappa shape index (κ2) is 6.07. The molecule has 1 amide bonds. The van der Waals surface area contributed by atoms with Gasteiger partial charge in [0.25, 0.3) is 0 Å². The van der Waals surface area contributed by atoms with Crippen LogP contribution in [-0.4, -0.2) is 20.4 Å². The molecule has 0 spiro atoms. The standard InChI is InChI=1S/C13H18N2O3S2/c1-2-9-7-8-12(19-9)20(17,18)15-11-6-4-3-5-10(11)13(14)16/h3-4,7-8,10-11,15H,2,5-6H2,1H3,(H2,14,16)/t10-,11-/m1/s1. The number of hydrogen-bond acceptors (Lipinski definition) is 4. The molecule has 1 aromatic rings. The summed E-state index contributed by atoms with van der Waals surface area (Å²) in [7, 11) is -3.59. The van der Waals surface area contributed by atoms with Crippen LogP contribution in [0.25, 0.3) is 0 Å². The van der Waals surface area contributed by atoms with Gasteiger partial charge in [-0.05, 0) is 31.4 Å². The minimum absolute atomic E-state index is 0.284. The lowest BCUT2D eigenvalue weighted by atomic mass is 9.89. The van der Waals surface area contributed by atoms with Crippen LogP contribution in [0.1, 0.15) is 24.6 Å². The fourth-order valence-electron chi connectivity index (χ4n) is 2.21. The number of sulfonamides is 1. The number of primary amides is 1. The zero-order valence-corrected chi connectivity index (χ0v) is 12.8. The van der Waals surface area contributed by atoms with Crippen molar-refractivity contribution in [1.29, 1.82) is 0 Å². The lowest BCUT2D eigenvalue weighted by molar-refractivity contribution is -0.122. The summed E-state index contributed by atoms with van der Waals surface area (Å²) < 4.78 is 27.5. The molecule has 2 atom stereocenters. The van der Waals surface area contributed by atoms with E-state index in [0.717, 1.165) is 11.3 Å². The number of rotatable bonds is 5. The van der Waals surface area contributed by atoms with Crippen LogP contribution in [0.15, 0.2) is 28.5 Å². The summed E-state index contributed by atoms with van der Waals surface area (Å²) in [4.78, 5) is 12.4. The van der Waals surface area contributed by atoms with Crippen molar-refractivity contribution in [3.8, 4) is 0 Å². The van der Waals surface area contributed by atoms with Crippen LogP contribution in [-0.2, 0) is 21.2 Å². The average Bonchev–Trinajstić information content (AvgIpc) is 2.88. The van der Waals surface area contributed by atoms with Crippen LogP contribution in [0.2, 0.25) is 0 Å². The van der Waals surface area contributed by atoms with E-state index in [2.05, 4.69) is 4.72 Å². The quantitative estimate of drug-likeness (QED) is 0.805. The molecule has 110 valence electrons. The molecule has 3 N–H and O–H groups in total. The molecule has 7 heteroatoms. The number of aryl methyl sites for hydroxylation is 1. The van der Waals surface area contributed by atoms with Crippen molar-refractivity contribution in [1.82, 2.24) is 4.72 Å². The highest BCUT2D eigenvalue weighted by atomic mass is 32.2. The minimum atomic E-state index is -3.59. The van der Waals surface area contributed by atoms with Gasteiger partial charge in [0.1, 0.15) is 4.21 Å². The van der Waals surface area contributed by atoms with Crippen LogP contribution in [0.3, 0.4) is 0 Å². The maximum atomic E-state index is 12.3. The van der Waals surface area contributed by atoms with E-state index in [1.807, 2.05) is 25.1 Å². The zero-order valence-electron chi connectivity index (χ0n) is 11.2. The van der Waals surface area contributed by atoms with E-state index in [0.29, 0.717) is 12.8 Å². The fraction of sp³-hybridized carbons (Fsp3) is 0.462. The van der Waals surface area contributed by atoms with Crippen molar-refractivity contribution >= 4 is 27.3 Å². The number of nitrogens with two attached hydrogens (primary N) is 1. The molecular weight excluding hydrogens is 296 g/mol. The zero-order chi connectivity index (χ0) is 14.8. The van der Waals surface area contributed by atoms with Gasteiger partial charge >= 0.3 is 0 Å². The third-order valence-corrected chi connectivity index (χ3v) is 6.57. The second-order valence-corrected chi connectivity index (χ2v) is 7.86. The summed E-state index contributed by atoms with van der Waals surface area (Å²) >= 11 is 1.25. The molecule has 1 aliphatic rings. The largest absolute Gasteiger partial charge is 0.369 e. The molecule has 2 rings (SSSR count). The Bertz CT molecular complexity index is 619. The molecule has 0 saturated heterocycles. The number of hydrogen-bond donors (Lipinski definition) is 2. The van der Waals surface area contributed by atoms with E-state index in [1.165, 1.54) is 11.3 Å². The van der Waals surface area contributed by atoms with Crippen molar-refractivity contribution < 1.29 is 13.2 Å². The predicted octanol–water partition coefficient (Wildman–Crippen LogP) is 1.41. The lowest BCUT2D eigenvalue weighted by Crippen LogP contribution is -2.45. The molecule has 0 unspecified atom stereocenters. The Morgan fingerprint density at radius 3 is 2.70 bits per heavy atom. The number of amides is 1. The van der Waals surface area contributed by atoms with E-state index in [9.17, 15) is 13.2 Å². The second-order valence-electron chi connectivity index (χ2n) is 4.75. The number of carbonyl (C=O) groups excluding carboxylic acids is 1. The molecule has 5 nitrogen and oxygen atoms in total. The average molecular weight is 314 g/mol. The molecule has 0 aliphatic heterocycles. The van der Waals surface area contributed by atoms with E-state index in [-0.39, 0.29) is 4.21 Å². The Labute approximate surface area is 122 Å². The maximum absolute atomic E-state index is 12.3. The van der Waals surface area contributed by atoms with Crippen LogP contribution in [0.5, 0.6) is 0 Å². The predicted molar refractivity (Wildman–Crippen MR) is 78.9 cm³/mol. The van der Waals surface area contributed by atoms with Gasteiger partial charge in [-0.2, -0.15) is 0 Å². The van der Waals surface area contributed by atoms with Crippen LogP contribution >= 0.6 is 11.3 Å². The third kappa shape index (κ3) is 3.28. The summed E-state index contributed by atoms with van der Waals surface area (Å²) in [6.07, 6.45) is 5.50. The first-order valence-corrected chi connectivity index (χ1v) is 8.79. The minimum Gasteiger partial charge on any atom is -0.369 e. The Balaban J connectivity index is 2.18. The van der Waals surface area contributed by atoms with E-state index < -0.39 is 27.9 Å². The molecular formula is C13H18N2O3S2. The molecule has 0 radical (unpaired) electrons. The summed E-state index contributed by atoms with van der Waals surface area (Å²) in [6.45, 7) is 1.98. The van der Waals surface area contributed by atoms with Gasteiger partial charge in [0, 0.05) is 10.9 Å². The smallest absolute Gasteiger partial charge is 0.250 e. The van der Waals surface area contributed by atoms with Gasteiger partial charge in [-0.3, -0.25) is 4.79 Å². The van der Waals surface area contributed by atoms with Crippen LogP contribution in [0.4, 0.5) is 0 Å². The van der Waals surface area contributed by atoms with Crippen molar-refractivity contribution in [2.24, 2.45) is 11.7 Å². The molecule has 20 heavy (non-hydrogen) atoms. The van der Waals surface area contributed by atoms with Gasteiger partial charge in [-0.1, -0.05) is 19.1 Å². The van der Waals surface area contributed by atoms with Crippen molar-refractivity contribution in [2.75, 3.05) is 0 Å². The van der Waals surface area contributed by atoms with Gasteiger partial charge in [0.2, 0.25) is 15.9 Å². The number of carbonyl (C=O) groups is 1. The highest BCUT2D eigenvalue weighted by Gasteiger charge is 2.31. The van der Waals surface area contributed by atoms with Gasteiger partial charge in [-0.25, -0.2) is 13.1 Å². The first kappa shape index (κ1) is 15.2. The Hall–Kier alpha value is -1.18. The first-order valence-electron chi connectivity index (χ1n) is 6.49. The van der Waals surface area contributed by atoms with Gasteiger partial charge in [0.15, 0.2) is 0 Å². The molecule has 0 aromatic carbocycles. The van der Waals surface area contributed by atoms with E-state index >= 15 is 0 Å². The number of thiophene rings is 1. The summed E-state index contributed by atoms with van der Waals surface area (Å²) in [5.41, 5.74) is 5.34. The molecule has 0 bridgehead atoms. The molecule has 0 fully saturated rings. The van der Waals surface area contributed by atoms with Gasteiger partial charge < -0.3 is 5.73 Å².